The van der Waals surface area contributed by atoms with Gasteiger partial charge in [0, 0.05) is 40.0 Å². The molecule has 1 aliphatic rings. The van der Waals surface area contributed by atoms with Crippen molar-refractivity contribution in [1.29, 1.82) is 0 Å². The van der Waals surface area contributed by atoms with Gasteiger partial charge in [-0.25, -0.2) is 0 Å². The molecule has 0 spiro atoms. The van der Waals surface area contributed by atoms with E-state index >= 15 is 0 Å². The average Bonchev–Trinajstić information content (AvgIpc) is 3.07. The second-order valence-electron chi connectivity index (χ2n) is 6.22. The van der Waals surface area contributed by atoms with Crippen molar-refractivity contribution in [3.05, 3.63) is 45.3 Å². The molecule has 1 aliphatic heterocycles. The Morgan fingerprint density at radius 3 is 2.77 bits per heavy atom. The average molecular weight is 413 g/mol. The van der Waals surface area contributed by atoms with Crippen LogP contribution in [0.5, 0.6) is 0 Å². The van der Waals surface area contributed by atoms with Gasteiger partial charge in [0.25, 0.3) is 0 Å². The number of carbonyl (C=O) groups excluding carboxylic acids is 1. The molecular weight excluding hydrogens is 391 g/mol. The summed E-state index contributed by atoms with van der Waals surface area (Å²) in [5.74, 6) is 0.0579. The molecule has 140 valence electrons. The lowest BCUT2D eigenvalue weighted by Gasteiger charge is -2.26. The number of benzene rings is 1. The fourth-order valence-corrected chi connectivity index (χ4v) is 4.50. The van der Waals surface area contributed by atoms with E-state index in [-0.39, 0.29) is 5.91 Å². The lowest BCUT2D eigenvalue weighted by molar-refractivity contribution is -0.120. The maximum Gasteiger partial charge on any atom is 0.225 e. The van der Waals surface area contributed by atoms with Gasteiger partial charge in [0.05, 0.1) is 24.7 Å². The quantitative estimate of drug-likeness (QED) is 0.695. The zero-order chi connectivity index (χ0) is 18.4. The van der Waals surface area contributed by atoms with E-state index in [4.69, 9.17) is 27.9 Å². The van der Waals surface area contributed by atoms with Crippen LogP contribution in [0.1, 0.15) is 11.3 Å². The first-order valence-corrected chi connectivity index (χ1v) is 10.3. The largest absolute Gasteiger partial charge is 0.379 e. The molecule has 2 aromatic rings. The molecule has 1 fully saturated rings. The number of carbonyl (C=O) groups is 1. The molecule has 0 saturated carbocycles. The smallest absolute Gasteiger partial charge is 0.225 e. The van der Waals surface area contributed by atoms with Gasteiger partial charge in [-0.1, -0.05) is 29.3 Å². The van der Waals surface area contributed by atoms with Gasteiger partial charge >= 0.3 is 0 Å². The number of amides is 1. The van der Waals surface area contributed by atoms with Crippen molar-refractivity contribution >= 4 is 40.4 Å². The van der Waals surface area contributed by atoms with Gasteiger partial charge in [-0.15, -0.1) is 11.3 Å². The van der Waals surface area contributed by atoms with Crippen LogP contribution in [0.2, 0.25) is 10.0 Å². The summed E-state index contributed by atoms with van der Waals surface area (Å²) in [6.07, 6.45) is 1.36. The van der Waals surface area contributed by atoms with Crippen LogP contribution in [0.15, 0.2) is 30.3 Å². The summed E-state index contributed by atoms with van der Waals surface area (Å²) in [7, 11) is 0. The van der Waals surface area contributed by atoms with Gasteiger partial charge in [0.15, 0.2) is 0 Å². The van der Waals surface area contributed by atoms with Crippen molar-refractivity contribution in [1.82, 2.24) is 10.2 Å². The van der Waals surface area contributed by atoms with Gasteiger partial charge in [-0.3, -0.25) is 9.69 Å². The number of rotatable bonds is 7. The summed E-state index contributed by atoms with van der Waals surface area (Å²) in [6.45, 7) is 5.30. The van der Waals surface area contributed by atoms with Gasteiger partial charge in [0.1, 0.15) is 0 Å². The SMILES string of the molecule is O=C(Cc1ccc(-c2ccc(Cl)cc2Cl)s1)NCCCN1CCOCC1. The Bertz CT molecular complexity index is 745. The Morgan fingerprint density at radius 1 is 1.19 bits per heavy atom. The van der Waals surface area contributed by atoms with Gasteiger partial charge in [0.2, 0.25) is 5.91 Å². The fourth-order valence-electron chi connectivity index (χ4n) is 2.88. The number of nitrogens with one attached hydrogen (secondary N) is 1. The van der Waals surface area contributed by atoms with Crippen molar-refractivity contribution in [2.45, 2.75) is 12.8 Å². The number of ether oxygens (including phenoxy) is 1. The van der Waals surface area contributed by atoms with E-state index in [0.29, 0.717) is 23.0 Å². The summed E-state index contributed by atoms with van der Waals surface area (Å²) in [6, 6.07) is 9.45. The second kappa shape index (κ2) is 9.72. The third kappa shape index (κ3) is 5.69. The summed E-state index contributed by atoms with van der Waals surface area (Å²) in [5.41, 5.74) is 0.943. The highest BCUT2D eigenvalue weighted by molar-refractivity contribution is 7.15. The van der Waals surface area contributed by atoms with Gasteiger partial charge < -0.3 is 10.1 Å². The summed E-state index contributed by atoms with van der Waals surface area (Å²) in [4.78, 5) is 16.6. The molecule has 4 nitrogen and oxygen atoms in total. The minimum absolute atomic E-state index is 0.0579. The third-order valence-corrected chi connectivity index (χ3v) is 5.94. The van der Waals surface area contributed by atoms with Gasteiger partial charge in [-0.2, -0.15) is 0 Å². The molecule has 0 atom stereocenters. The molecule has 1 aromatic heterocycles. The zero-order valence-electron chi connectivity index (χ0n) is 14.5. The van der Waals surface area contributed by atoms with E-state index in [1.54, 1.807) is 17.4 Å². The number of halogens is 2. The van der Waals surface area contributed by atoms with E-state index in [9.17, 15) is 4.79 Å². The molecule has 7 heteroatoms. The topological polar surface area (TPSA) is 41.6 Å². The van der Waals surface area contributed by atoms with Crippen molar-refractivity contribution < 1.29 is 9.53 Å². The van der Waals surface area contributed by atoms with E-state index in [2.05, 4.69) is 10.2 Å². The van der Waals surface area contributed by atoms with Crippen LogP contribution >= 0.6 is 34.5 Å². The molecule has 26 heavy (non-hydrogen) atoms. The molecule has 1 aromatic carbocycles. The molecule has 3 rings (SSSR count). The van der Waals surface area contributed by atoms with Crippen LogP contribution in [0.4, 0.5) is 0 Å². The Kier molecular flexibility index (Phi) is 7.34. The number of nitrogens with zero attached hydrogens (tertiary/aromatic N) is 1. The number of morpholine rings is 1. The third-order valence-electron chi connectivity index (χ3n) is 4.27. The van der Waals surface area contributed by atoms with Crippen LogP contribution < -0.4 is 5.32 Å². The Labute approximate surface area is 168 Å². The number of thiophene rings is 1. The Hall–Kier alpha value is -1.11. The highest BCUT2D eigenvalue weighted by atomic mass is 35.5. The van der Waals surface area contributed by atoms with Crippen LogP contribution in [0.3, 0.4) is 0 Å². The van der Waals surface area contributed by atoms with E-state index in [0.717, 1.165) is 54.6 Å². The maximum atomic E-state index is 12.1. The first kappa shape index (κ1) is 19.6. The predicted octanol–water partition coefficient (Wildman–Crippen LogP) is 4.10. The van der Waals surface area contributed by atoms with Crippen molar-refractivity contribution in [3.63, 3.8) is 0 Å². The number of hydrogen-bond acceptors (Lipinski definition) is 4. The molecule has 1 amide bonds. The van der Waals surface area contributed by atoms with Gasteiger partial charge in [-0.05, 0) is 37.2 Å². The molecule has 0 aliphatic carbocycles. The summed E-state index contributed by atoms with van der Waals surface area (Å²) >= 11 is 13.8. The molecular formula is C19H22Cl2N2O2S. The second-order valence-corrected chi connectivity index (χ2v) is 8.24. The van der Waals surface area contributed by atoms with Crippen LogP contribution in [-0.2, 0) is 16.0 Å². The summed E-state index contributed by atoms with van der Waals surface area (Å²) < 4.78 is 5.33. The molecule has 1 N–H and O–H groups in total. The van der Waals surface area contributed by atoms with E-state index in [1.165, 1.54) is 0 Å². The minimum atomic E-state index is 0.0579. The Balaban J connectivity index is 1.44. The first-order chi connectivity index (χ1) is 12.6. The van der Waals surface area contributed by atoms with E-state index < -0.39 is 0 Å². The lowest BCUT2D eigenvalue weighted by atomic mass is 10.2. The molecule has 0 unspecified atom stereocenters. The van der Waals surface area contributed by atoms with Crippen molar-refractivity contribution in [2.75, 3.05) is 39.4 Å². The fraction of sp³-hybridized carbons (Fsp3) is 0.421. The molecule has 1 saturated heterocycles. The minimum Gasteiger partial charge on any atom is -0.379 e. The highest BCUT2D eigenvalue weighted by Crippen LogP contribution is 2.35. The van der Waals surface area contributed by atoms with E-state index in [1.807, 2.05) is 24.3 Å². The zero-order valence-corrected chi connectivity index (χ0v) is 16.8. The highest BCUT2D eigenvalue weighted by Gasteiger charge is 2.11. The van der Waals surface area contributed by atoms with Crippen LogP contribution in [0.25, 0.3) is 10.4 Å². The molecule has 2 heterocycles. The Morgan fingerprint density at radius 2 is 2.00 bits per heavy atom. The van der Waals surface area contributed by atoms with Crippen molar-refractivity contribution in [3.8, 4) is 10.4 Å². The summed E-state index contributed by atoms with van der Waals surface area (Å²) in [5, 5.41) is 4.25. The lowest BCUT2D eigenvalue weighted by Crippen LogP contribution is -2.38. The number of hydrogen-bond donors (Lipinski definition) is 1. The van der Waals surface area contributed by atoms with Crippen molar-refractivity contribution in [2.24, 2.45) is 0 Å². The molecule has 0 bridgehead atoms. The monoisotopic (exact) mass is 412 g/mol. The normalized spacial score (nSPS) is 15.2. The predicted molar refractivity (Wildman–Crippen MR) is 108 cm³/mol. The van der Waals surface area contributed by atoms with Crippen LogP contribution in [0, 0.1) is 0 Å². The van der Waals surface area contributed by atoms with Crippen LogP contribution in [-0.4, -0.2) is 50.2 Å². The first-order valence-electron chi connectivity index (χ1n) is 8.73. The standard InChI is InChI=1S/C19H22Cl2N2O2S/c20-14-2-4-16(17(21)12-14)18-5-3-15(26-18)13-19(24)22-6-1-7-23-8-10-25-11-9-23/h2-5,12H,1,6-11,13H2,(H,22,24). The molecule has 0 radical (unpaired) electrons. The maximum absolute atomic E-state index is 12.1.